The first-order valence-electron chi connectivity index (χ1n) is 9.58. The first kappa shape index (κ1) is 18.5. The van der Waals surface area contributed by atoms with Crippen molar-refractivity contribution in [3.05, 3.63) is 90.4 Å². The van der Waals surface area contributed by atoms with E-state index in [9.17, 15) is 4.79 Å². The second kappa shape index (κ2) is 8.08. The van der Waals surface area contributed by atoms with E-state index < -0.39 is 5.25 Å². The molecule has 2 aromatic heterocycles. The van der Waals surface area contributed by atoms with Gasteiger partial charge in [-0.25, -0.2) is 4.68 Å². The summed E-state index contributed by atoms with van der Waals surface area (Å²) in [7, 11) is 0. The fraction of sp³-hybridized carbons (Fsp3) is 0.136. The van der Waals surface area contributed by atoms with Crippen LogP contribution in [0.3, 0.4) is 0 Å². The number of fused-ring (bicyclic) bond motifs is 1. The zero-order valence-electron chi connectivity index (χ0n) is 15.9. The quantitative estimate of drug-likeness (QED) is 0.516. The molecular formula is C22H19N5O2S. The van der Waals surface area contributed by atoms with Gasteiger partial charge in [0.05, 0.1) is 18.8 Å². The van der Waals surface area contributed by atoms with E-state index in [4.69, 9.17) is 4.42 Å². The number of benzene rings is 2. The minimum atomic E-state index is -0.414. The van der Waals surface area contributed by atoms with Crippen molar-refractivity contribution in [3.8, 4) is 11.4 Å². The highest BCUT2D eigenvalue weighted by atomic mass is 32.2. The molecule has 2 atom stereocenters. The molecule has 1 aliphatic heterocycles. The summed E-state index contributed by atoms with van der Waals surface area (Å²) in [4.78, 5) is 13.1. The highest BCUT2D eigenvalue weighted by molar-refractivity contribution is 8.00. The van der Waals surface area contributed by atoms with Gasteiger partial charge in [-0.1, -0.05) is 72.4 Å². The van der Waals surface area contributed by atoms with Crippen LogP contribution in [0.5, 0.6) is 0 Å². The summed E-state index contributed by atoms with van der Waals surface area (Å²) >= 11 is 1.40. The predicted octanol–water partition coefficient (Wildman–Crippen LogP) is 3.61. The normalized spacial score (nSPS) is 17.7. The van der Waals surface area contributed by atoms with Crippen LogP contribution >= 0.6 is 11.8 Å². The van der Waals surface area contributed by atoms with E-state index >= 15 is 0 Å². The summed E-state index contributed by atoms with van der Waals surface area (Å²) in [5.74, 6) is 1.34. The second-order valence-corrected chi connectivity index (χ2v) is 7.97. The van der Waals surface area contributed by atoms with Crippen LogP contribution in [-0.2, 0) is 11.3 Å². The number of carbonyl (C=O) groups is 1. The Morgan fingerprint density at radius 1 is 1.03 bits per heavy atom. The molecule has 7 nitrogen and oxygen atoms in total. The van der Waals surface area contributed by atoms with Gasteiger partial charge in [-0.05, 0) is 17.7 Å². The Morgan fingerprint density at radius 3 is 2.53 bits per heavy atom. The van der Waals surface area contributed by atoms with Gasteiger partial charge in [-0.15, -0.1) is 10.2 Å². The molecule has 0 fully saturated rings. The average molecular weight is 417 g/mol. The highest BCUT2D eigenvalue weighted by Crippen LogP contribution is 2.38. The highest BCUT2D eigenvalue weighted by Gasteiger charge is 2.37. The van der Waals surface area contributed by atoms with Gasteiger partial charge in [0.2, 0.25) is 11.1 Å². The Balaban J connectivity index is 1.46. The topological polar surface area (TPSA) is 85.0 Å². The molecule has 0 spiro atoms. The number of hydrogen-bond donors (Lipinski definition) is 2. The number of rotatable bonds is 5. The monoisotopic (exact) mass is 417 g/mol. The summed E-state index contributed by atoms with van der Waals surface area (Å²) in [6.45, 7) is 0.340. The molecule has 0 aliphatic carbocycles. The molecule has 5 rings (SSSR count). The minimum absolute atomic E-state index is 0.0896. The molecule has 2 aromatic carbocycles. The molecule has 150 valence electrons. The largest absolute Gasteiger partial charge is 0.467 e. The van der Waals surface area contributed by atoms with Crippen molar-refractivity contribution in [1.82, 2.24) is 20.2 Å². The van der Waals surface area contributed by atoms with Gasteiger partial charge in [-0.2, -0.15) is 0 Å². The third-order valence-corrected chi connectivity index (χ3v) is 6.12. The molecule has 2 N–H and O–H groups in total. The van der Waals surface area contributed by atoms with Crippen LogP contribution in [0.15, 0.2) is 88.6 Å². The molecule has 0 saturated heterocycles. The van der Waals surface area contributed by atoms with Crippen molar-refractivity contribution in [3.63, 3.8) is 0 Å². The molecule has 3 heterocycles. The zero-order chi connectivity index (χ0) is 20.3. The van der Waals surface area contributed by atoms with E-state index in [-0.39, 0.29) is 11.9 Å². The summed E-state index contributed by atoms with van der Waals surface area (Å²) in [6, 6.07) is 23.2. The van der Waals surface area contributed by atoms with Crippen LogP contribution < -0.4 is 10.7 Å². The molecule has 0 saturated carbocycles. The fourth-order valence-electron chi connectivity index (χ4n) is 3.43. The Labute approximate surface area is 177 Å². The lowest BCUT2D eigenvalue weighted by atomic mass is 10.0. The van der Waals surface area contributed by atoms with Crippen molar-refractivity contribution < 1.29 is 9.21 Å². The van der Waals surface area contributed by atoms with E-state index in [0.717, 1.165) is 11.1 Å². The van der Waals surface area contributed by atoms with Crippen molar-refractivity contribution in [1.29, 1.82) is 0 Å². The number of furan rings is 1. The number of aromatic nitrogens is 3. The first-order chi connectivity index (χ1) is 14.8. The summed E-state index contributed by atoms with van der Waals surface area (Å²) in [5.41, 5.74) is 5.44. The molecule has 1 amide bonds. The van der Waals surface area contributed by atoms with E-state index in [1.165, 1.54) is 11.8 Å². The maximum atomic E-state index is 13.1. The number of hydrogen-bond acceptors (Lipinski definition) is 6. The van der Waals surface area contributed by atoms with Crippen LogP contribution in [-0.4, -0.2) is 26.0 Å². The van der Waals surface area contributed by atoms with Gasteiger partial charge >= 0.3 is 0 Å². The smallest absolute Gasteiger partial charge is 0.236 e. The SMILES string of the molecule is O=C(NCc1ccco1)[C@H]1Sc2nnc(-c3ccccc3)n2N[C@@H]1c1ccccc1. The molecule has 30 heavy (non-hydrogen) atoms. The van der Waals surface area contributed by atoms with Gasteiger partial charge < -0.3 is 15.2 Å². The van der Waals surface area contributed by atoms with Crippen LogP contribution in [0.25, 0.3) is 11.4 Å². The third-order valence-electron chi connectivity index (χ3n) is 4.90. The van der Waals surface area contributed by atoms with Gasteiger partial charge in [0, 0.05) is 5.56 Å². The van der Waals surface area contributed by atoms with Crippen LogP contribution in [0, 0.1) is 0 Å². The summed E-state index contributed by atoms with van der Waals surface area (Å²) in [5, 5.41) is 11.9. The Morgan fingerprint density at radius 2 is 1.80 bits per heavy atom. The number of carbonyl (C=O) groups excluding carboxylic acids is 1. The van der Waals surface area contributed by atoms with Crippen molar-refractivity contribution >= 4 is 17.7 Å². The number of amides is 1. The predicted molar refractivity (Wildman–Crippen MR) is 114 cm³/mol. The lowest BCUT2D eigenvalue weighted by Gasteiger charge is -2.32. The van der Waals surface area contributed by atoms with E-state index in [1.54, 1.807) is 12.3 Å². The van der Waals surface area contributed by atoms with Crippen LogP contribution in [0.1, 0.15) is 17.4 Å². The molecular weight excluding hydrogens is 398 g/mol. The van der Waals surface area contributed by atoms with Crippen LogP contribution in [0.4, 0.5) is 0 Å². The van der Waals surface area contributed by atoms with Gasteiger partial charge in [0.25, 0.3) is 0 Å². The van der Waals surface area contributed by atoms with Crippen molar-refractivity contribution in [2.45, 2.75) is 23.0 Å². The molecule has 0 unspecified atom stereocenters. The fourth-order valence-corrected chi connectivity index (χ4v) is 4.53. The third kappa shape index (κ3) is 3.57. The zero-order valence-corrected chi connectivity index (χ0v) is 16.8. The maximum Gasteiger partial charge on any atom is 0.236 e. The number of nitrogens with one attached hydrogen (secondary N) is 2. The first-order valence-corrected chi connectivity index (χ1v) is 10.5. The molecule has 0 radical (unpaired) electrons. The minimum Gasteiger partial charge on any atom is -0.467 e. The second-order valence-electron chi connectivity index (χ2n) is 6.86. The van der Waals surface area contributed by atoms with E-state index in [2.05, 4.69) is 20.9 Å². The number of thioether (sulfide) groups is 1. The summed E-state index contributed by atoms with van der Waals surface area (Å²) in [6.07, 6.45) is 1.60. The van der Waals surface area contributed by atoms with Crippen molar-refractivity contribution in [2.75, 3.05) is 5.43 Å². The van der Waals surface area contributed by atoms with Gasteiger partial charge in [0.15, 0.2) is 5.82 Å². The standard InChI is InChI=1S/C22H19N5O2S/c28-21(23-14-17-12-7-13-29-17)19-18(15-8-3-1-4-9-15)26-27-20(24-25-22(27)30-19)16-10-5-2-6-11-16/h1-13,18-19,26H,14H2,(H,23,28)/t18-,19+/m1/s1. The van der Waals surface area contributed by atoms with E-state index in [1.807, 2.05) is 71.4 Å². The number of nitrogens with zero attached hydrogens (tertiary/aromatic N) is 3. The summed E-state index contributed by atoms with van der Waals surface area (Å²) < 4.78 is 7.20. The molecule has 4 aromatic rings. The lowest BCUT2D eigenvalue weighted by molar-refractivity contribution is -0.121. The van der Waals surface area contributed by atoms with Crippen molar-refractivity contribution in [2.24, 2.45) is 0 Å². The van der Waals surface area contributed by atoms with Gasteiger partial charge in [-0.3, -0.25) is 4.79 Å². The molecule has 8 heteroatoms. The molecule has 1 aliphatic rings. The van der Waals surface area contributed by atoms with Crippen LogP contribution in [0.2, 0.25) is 0 Å². The Hall–Kier alpha value is -3.52. The van der Waals surface area contributed by atoms with Gasteiger partial charge in [0.1, 0.15) is 11.0 Å². The average Bonchev–Trinajstić information content (AvgIpc) is 3.47. The Kier molecular flexibility index (Phi) is 4.98. The van der Waals surface area contributed by atoms with E-state index in [0.29, 0.717) is 23.3 Å². The molecule has 0 bridgehead atoms. The lowest BCUT2D eigenvalue weighted by Crippen LogP contribution is -2.43. The Bertz CT molecular complexity index is 1130. The maximum absolute atomic E-state index is 13.1.